The molecule has 0 fully saturated rings. The summed E-state index contributed by atoms with van der Waals surface area (Å²) in [5, 5.41) is 2.20. The van der Waals surface area contributed by atoms with Gasteiger partial charge in [0.1, 0.15) is 5.82 Å². The van der Waals surface area contributed by atoms with Crippen LogP contribution in [0.25, 0.3) is 27.6 Å². The van der Waals surface area contributed by atoms with Crippen molar-refractivity contribution < 1.29 is 4.57 Å². The molecule has 0 aliphatic carbocycles. The van der Waals surface area contributed by atoms with Gasteiger partial charge < -0.3 is 9.13 Å². The Morgan fingerprint density at radius 1 is 1.00 bits per heavy atom. The third-order valence-electron chi connectivity index (χ3n) is 3.97. The lowest BCUT2D eigenvalue weighted by molar-refractivity contribution is -0.757. The first-order valence-corrected chi connectivity index (χ1v) is 7.70. The zero-order valence-corrected chi connectivity index (χ0v) is 13.5. The Hall–Kier alpha value is -2.75. The van der Waals surface area contributed by atoms with E-state index in [0.29, 0.717) is 0 Å². The first-order valence-electron chi connectivity index (χ1n) is 7.70. The van der Waals surface area contributed by atoms with Crippen LogP contribution in [0, 0.1) is 6.33 Å². The number of benzene rings is 1. The summed E-state index contributed by atoms with van der Waals surface area (Å²) in [6, 6.07) is 12.3. The third-order valence-corrected chi connectivity index (χ3v) is 3.97. The van der Waals surface area contributed by atoms with Gasteiger partial charge in [-0.25, -0.2) is 0 Å². The summed E-state index contributed by atoms with van der Waals surface area (Å²) in [5.74, 6) is 0.846. The number of aromatic nitrogens is 4. The number of rotatable bonds is 1. The molecular weight excluding hydrogens is 284 g/mol. The highest BCUT2D eigenvalue weighted by molar-refractivity contribution is 6.02. The van der Waals surface area contributed by atoms with Crippen LogP contribution in [0.1, 0.15) is 20.8 Å². The molecular formula is C19H18N4. The van der Waals surface area contributed by atoms with Crippen LogP contribution in [0.15, 0.2) is 55.0 Å². The Morgan fingerprint density at radius 2 is 1.74 bits per heavy atom. The molecule has 3 heterocycles. The van der Waals surface area contributed by atoms with E-state index in [0.717, 1.165) is 27.6 Å². The molecule has 0 aliphatic heterocycles. The maximum absolute atomic E-state index is 4.82. The molecule has 0 unspecified atom stereocenters. The van der Waals surface area contributed by atoms with E-state index in [-0.39, 0.29) is 5.54 Å². The minimum Gasteiger partial charge on any atom is -0.315 e. The van der Waals surface area contributed by atoms with Gasteiger partial charge in [0.15, 0.2) is 0 Å². The lowest BCUT2D eigenvalue weighted by Gasteiger charge is -2.16. The van der Waals surface area contributed by atoms with Gasteiger partial charge in [0.25, 0.3) is 0 Å². The lowest BCUT2D eigenvalue weighted by Crippen LogP contribution is -2.48. The van der Waals surface area contributed by atoms with Crippen molar-refractivity contribution in [1.82, 2.24) is 14.5 Å². The third kappa shape index (κ3) is 2.36. The van der Waals surface area contributed by atoms with Crippen molar-refractivity contribution in [1.29, 1.82) is 0 Å². The molecule has 4 aromatic rings. The number of hydrogen-bond donors (Lipinski definition) is 0. The predicted octanol–water partition coefficient (Wildman–Crippen LogP) is 3.42. The van der Waals surface area contributed by atoms with Gasteiger partial charge >= 0.3 is 0 Å². The predicted molar refractivity (Wildman–Crippen MR) is 90.4 cm³/mol. The monoisotopic (exact) mass is 302 g/mol. The molecule has 0 atom stereocenters. The van der Waals surface area contributed by atoms with E-state index >= 15 is 0 Å². The van der Waals surface area contributed by atoms with Gasteiger partial charge in [-0.15, -0.1) is 0 Å². The van der Waals surface area contributed by atoms with Crippen LogP contribution in [0.5, 0.6) is 0 Å². The second-order valence-corrected chi connectivity index (χ2v) is 6.69. The van der Waals surface area contributed by atoms with E-state index in [9.17, 15) is 0 Å². The molecule has 0 saturated heterocycles. The van der Waals surface area contributed by atoms with Crippen molar-refractivity contribution in [2.75, 3.05) is 0 Å². The molecule has 0 bridgehead atoms. The zero-order valence-electron chi connectivity index (χ0n) is 13.5. The first-order chi connectivity index (χ1) is 11.0. The van der Waals surface area contributed by atoms with Crippen LogP contribution in [0.4, 0.5) is 0 Å². The second kappa shape index (κ2) is 4.88. The Kier molecular flexibility index (Phi) is 2.94. The Labute approximate surface area is 135 Å². The van der Waals surface area contributed by atoms with Crippen molar-refractivity contribution in [2.45, 2.75) is 26.3 Å². The summed E-state index contributed by atoms with van der Waals surface area (Å²) in [5.41, 5.74) is 1.85. The summed E-state index contributed by atoms with van der Waals surface area (Å²) >= 11 is 0. The fraction of sp³-hybridized carbons (Fsp3) is 0.211. The van der Waals surface area contributed by atoms with E-state index in [1.54, 1.807) is 0 Å². The van der Waals surface area contributed by atoms with Gasteiger partial charge in [0.05, 0.1) is 16.6 Å². The fourth-order valence-electron chi connectivity index (χ4n) is 2.66. The van der Waals surface area contributed by atoms with Crippen molar-refractivity contribution >= 4 is 21.8 Å². The average Bonchev–Trinajstić information content (AvgIpc) is 3.04. The van der Waals surface area contributed by atoms with E-state index in [1.165, 1.54) is 0 Å². The Morgan fingerprint density at radius 3 is 2.48 bits per heavy atom. The van der Waals surface area contributed by atoms with Gasteiger partial charge in [-0.05, 0) is 32.9 Å². The molecule has 1 aromatic carbocycles. The number of hydrogen-bond acceptors (Lipinski definition) is 2. The minimum absolute atomic E-state index is 0.00362. The SMILES string of the molecule is CC(C)(C)[n+]1[c-]n(-c2ccc3ccc4cccnc4c3n2)cc1. The molecule has 4 heteroatoms. The summed E-state index contributed by atoms with van der Waals surface area (Å²) in [6.07, 6.45) is 9.15. The molecule has 0 amide bonds. The van der Waals surface area contributed by atoms with Crippen molar-refractivity contribution in [3.63, 3.8) is 0 Å². The first kappa shape index (κ1) is 13.9. The van der Waals surface area contributed by atoms with Crippen LogP contribution >= 0.6 is 0 Å². The molecule has 3 aromatic heterocycles. The summed E-state index contributed by atoms with van der Waals surface area (Å²) < 4.78 is 3.98. The second-order valence-electron chi connectivity index (χ2n) is 6.69. The summed E-state index contributed by atoms with van der Waals surface area (Å²) in [7, 11) is 0. The number of pyridine rings is 2. The highest BCUT2D eigenvalue weighted by atomic mass is 15.2. The molecule has 4 rings (SSSR count). The summed E-state index contributed by atoms with van der Waals surface area (Å²) in [6.45, 7) is 6.46. The minimum atomic E-state index is -0.00362. The zero-order chi connectivity index (χ0) is 16.0. The van der Waals surface area contributed by atoms with Crippen molar-refractivity contribution in [3.05, 3.63) is 61.3 Å². The van der Waals surface area contributed by atoms with E-state index in [1.807, 2.05) is 35.3 Å². The summed E-state index contributed by atoms with van der Waals surface area (Å²) in [4.78, 5) is 9.33. The van der Waals surface area contributed by atoms with Crippen LogP contribution in [0.2, 0.25) is 0 Å². The number of fused-ring (bicyclic) bond motifs is 3. The molecule has 114 valence electrons. The van der Waals surface area contributed by atoms with Gasteiger partial charge in [-0.1, -0.05) is 24.3 Å². The van der Waals surface area contributed by atoms with E-state index < -0.39 is 0 Å². The highest BCUT2D eigenvalue weighted by Crippen LogP contribution is 2.23. The van der Waals surface area contributed by atoms with Crippen LogP contribution in [-0.4, -0.2) is 14.5 Å². The average molecular weight is 302 g/mol. The van der Waals surface area contributed by atoms with Gasteiger partial charge in [0, 0.05) is 29.4 Å². The molecule has 0 aliphatic rings. The van der Waals surface area contributed by atoms with Crippen LogP contribution < -0.4 is 4.57 Å². The number of imidazole rings is 1. The Balaban J connectivity index is 1.91. The van der Waals surface area contributed by atoms with E-state index in [4.69, 9.17) is 4.98 Å². The van der Waals surface area contributed by atoms with Gasteiger partial charge in [0.2, 0.25) is 6.33 Å². The fourth-order valence-corrected chi connectivity index (χ4v) is 2.66. The largest absolute Gasteiger partial charge is 0.315 e. The topological polar surface area (TPSA) is 34.6 Å². The molecule has 0 N–H and O–H groups in total. The van der Waals surface area contributed by atoms with Crippen LogP contribution in [0.3, 0.4) is 0 Å². The van der Waals surface area contributed by atoms with Crippen molar-refractivity contribution in [2.24, 2.45) is 0 Å². The smallest absolute Gasteiger partial charge is 0.244 e. The maximum Gasteiger partial charge on any atom is 0.244 e. The standard InChI is InChI=1S/C19H18N4/c1-19(2,3)23-12-11-22(13-23)16-9-8-15-7-6-14-5-4-10-20-17(14)18(15)21-16/h4-12H,1-3H3. The lowest BCUT2D eigenvalue weighted by atomic mass is 10.1. The van der Waals surface area contributed by atoms with Gasteiger partial charge in [-0.3, -0.25) is 9.97 Å². The van der Waals surface area contributed by atoms with Gasteiger partial charge in [-0.2, -0.15) is 0 Å². The molecule has 4 nitrogen and oxygen atoms in total. The Bertz CT molecular complexity index is 1010. The van der Waals surface area contributed by atoms with Crippen molar-refractivity contribution in [3.8, 4) is 5.82 Å². The maximum atomic E-state index is 4.82. The molecule has 0 spiro atoms. The highest BCUT2D eigenvalue weighted by Gasteiger charge is 2.16. The van der Waals surface area contributed by atoms with E-state index in [2.05, 4.69) is 60.9 Å². The van der Waals surface area contributed by atoms with Crippen LogP contribution in [-0.2, 0) is 5.54 Å². The normalized spacial score (nSPS) is 12.1. The molecule has 0 radical (unpaired) electrons. The quantitative estimate of drug-likeness (QED) is 0.307. The number of nitrogens with zero attached hydrogens (tertiary/aromatic N) is 4. The molecule has 23 heavy (non-hydrogen) atoms. The molecule has 0 saturated carbocycles.